The van der Waals surface area contributed by atoms with E-state index in [1.807, 2.05) is 24.3 Å². The Hall–Kier alpha value is -2.33. The number of H-pyrrole nitrogens is 1. The molecule has 2 N–H and O–H groups in total. The Bertz CT molecular complexity index is 734. The summed E-state index contributed by atoms with van der Waals surface area (Å²) in [6, 6.07) is 11.0. The Balaban J connectivity index is 1.90. The van der Waals surface area contributed by atoms with Gasteiger partial charge in [0.25, 0.3) is 5.91 Å². The second-order valence-corrected chi connectivity index (χ2v) is 4.50. The predicted molar refractivity (Wildman–Crippen MR) is 75.5 cm³/mol. The zero-order valence-corrected chi connectivity index (χ0v) is 10.6. The molecule has 0 aliphatic heterocycles. The second kappa shape index (κ2) is 4.74. The lowest BCUT2D eigenvalue weighted by Crippen LogP contribution is -2.12. The average molecular weight is 272 g/mol. The third kappa shape index (κ3) is 2.30. The molecule has 0 bridgehead atoms. The Morgan fingerprint density at radius 2 is 2.05 bits per heavy atom. The standard InChI is InChI=1S/C14H10ClN3O/c15-9-5-6-13(17-7-9)18-14(19)11-8-16-12-4-2-1-3-10(11)12/h1-8,16H,(H,17,18,19). The molecule has 94 valence electrons. The number of anilines is 1. The van der Waals surface area contributed by atoms with Crippen LogP contribution in [0.1, 0.15) is 10.4 Å². The molecule has 2 heterocycles. The molecule has 2 aromatic heterocycles. The van der Waals surface area contributed by atoms with Crippen molar-refractivity contribution >= 4 is 34.2 Å². The van der Waals surface area contributed by atoms with Gasteiger partial charge in [-0.1, -0.05) is 29.8 Å². The zero-order valence-electron chi connectivity index (χ0n) is 9.85. The Kier molecular flexibility index (Phi) is 2.93. The van der Waals surface area contributed by atoms with Crippen molar-refractivity contribution in [3.63, 3.8) is 0 Å². The zero-order chi connectivity index (χ0) is 13.2. The lowest BCUT2D eigenvalue weighted by Gasteiger charge is -2.03. The van der Waals surface area contributed by atoms with Crippen LogP contribution in [0, 0.1) is 0 Å². The van der Waals surface area contributed by atoms with Crippen molar-refractivity contribution in [1.82, 2.24) is 9.97 Å². The topological polar surface area (TPSA) is 57.8 Å². The summed E-state index contributed by atoms with van der Waals surface area (Å²) in [5.41, 5.74) is 1.52. The van der Waals surface area contributed by atoms with Crippen molar-refractivity contribution in [2.45, 2.75) is 0 Å². The van der Waals surface area contributed by atoms with Gasteiger partial charge in [0.1, 0.15) is 5.82 Å². The van der Waals surface area contributed by atoms with E-state index in [-0.39, 0.29) is 5.91 Å². The molecule has 3 aromatic rings. The van der Waals surface area contributed by atoms with Crippen LogP contribution in [0.5, 0.6) is 0 Å². The van der Waals surface area contributed by atoms with E-state index < -0.39 is 0 Å². The molecule has 19 heavy (non-hydrogen) atoms. The van der Waals surface area contributed by atoms with Gasteiger partial charge < -0.3 is 10.3 Å². The van der Waals surface area contributed by atoms with E-state index in [0.29, 0.717) is 16.4 Å². The predicted octanol–water partition coefficient (Wildman–Crippen LogP) is 3.47. The maximum atomic E-state index is 12.2. The fraction of sp³-hybridized carbons (Fsp3) is 0. The van der Waals surface area contributed by atoms with Crippen molar-refractivity contribution in [2.24, 2.45) is 0 Å². The summed E-state index contributed by atoms with van der Waals surface area (Å²) in [5.74, 6) is 0.270. The number of aromatic nitrogens is 2. The number of benzene rings is 1. The number of para-hydroxylation sites is 1. The quantitative estimate of drug-likeness (QED) is 0.750. The van der Waals surface area contributed by atoms with Gasteiger partial charge in [-0.3, -0.25) is 4.79 Å². The van der Waals surface area contributed by atoms with Gasteiger partial charge in [-0.05, 0) is 18.2 Å². The molecule has 0 radical (unpaired) electrons. The number of carbonyl (C=O) groups excluding carboxylic acids is 1. The second-order valence-electron chi connectivity index (χ2n) is 4.06. The molecule has 0 unspecified atom stereocenters. The van der Waals surface area contributed by atoms with Gasteiger partial charge in [0.15, 0.2) is 0 Å². The summed E-state index contributed by atoms with van der Waals surface area (Å²) >= 11 is 5.75. The van der Waals surface area contributed by atoms with Crippen LogP contribution < -0.4 is 5.32 Å². The van der Waals surface area contributed by atoms with Gasteiger partial charge in [-0.25, -0.2) is 4.98 Å². The maximum Gasteiger partial charge on any atom is 0.258 e. The number of carbonyl (C=O) groups is 1. The monoisotopic (exact) mass is 271 g/mol. The highest BCUT2D eigenvalue weighted by Gasteiger charge is 2.12. The molecule has 0 aliphatic rings. The minimum atomic E-state index is -0.202. The summed E-state index contributed by atoms with van der Waals surface area (Å²) < 4.78 is 0. The number of nitrogens with zero attached hydrogens (tertiary/aromatic N) is 1. The van der Waals surface area contributed by atoms with Gasteiger partial charge in [0.2, 0.25) is 0 Å². The van der Waals surface area contributed by atoms with Crippen molar-refractivity contribution in [1.29, 1.82) is 0 Å². The summed E-state index contributed by atoms with van der Waals surface area (Å²) in [6.07, 6.45) is 3.18. The number of fused-ring (bicyclic) bond motifs is 1. The normalized spacial score (nSPS) is 10.6. The molecule has 0 atom stereocenters. The first-order chi connectivity index (χ1) is 9.24. The molecule has 1 aromatic carbocycles. The minimum absolute atomic E-state index is 0.202. The van der Waals surface area contributed by atoms with Gasteiger partial charge in [0, 0.05) is 23.3 Å². The Morgan fingerprint density at radius 1 is 1.21 bits per heavy atom. The lowest BCUT2D eigenvalue weighted by molar-refractivity contribution is 0.102. The molecule has 4 nitrogen and oxygen atoms in total. The average Bonchev–Trinajstić information content (AvgIpc) is 2.85. The van der Waals surface area contributed by atoms with E-state index in [1.165, 1.54) is 6.20 Å². The molecular weight excluding hydrogens is 262 g/mol. The van der Waals surface area contributed by atoms with Crippen LogP contribution >= 0.6 is 11.6 Å². The van der Waals surface area contributed by atoms with E-state index in [0.717, 1.165) is 10.9 Å². The Morgan fingerprint density at radius 3 is 2.84 bits per heavy atom. The van der Waals surface area contributed by atoms with Crippen LogP contribution in [0.3, 0.4) is 0 Å². The van der Waals surface area contributed by atoms with Gasteiger partial charge >= 0.3 is 0 Å². The molecule has 1 amide bonds. The van der Waals surface area contributed by atoms with Crippen molar-refractivity contribution in [2.75, 3.05) is 5.32 Å². The van der Waals surface area contributed by atoms with Crippen LogP contribution in [0.2, 0.25) is 5.02 Å². The number of nitrogens with one attached hydrogen (secondary N) is 2. The number of rotatable bonds is 2. The molecule has 5 heteroatoms. The minimum Gasteiger partial charge on any atom is -0.360 e. The van der Waals surface area contributed by atoms with Gasteiger partial charge in [-0.15, -0.1) is 0 Å². The third-order valence-corrected chi connectivity index (χ3v) is 3.03. The Labute approximate surface area is 114 Å². The first-order valence-electron chi connectivity index (χ1n) is 5.73. The summed E-state index contributed by atoms with van der Waals surface area (Å²) in [4.78, 5) is 19.3. The molecule has 0 aliphatic carbocycles. The SMILES string of the molecule is O=C(Nc1ccc(Cl)cn1)c1c[nH]c2ccccc12. The fourth-order valence-electron chi connectivity index (χ4n) is 1.89. The summed E-state index contributed by atoms with van der Waals surface area (Å²) in [5, 5.41) is 4.15. The van der Waals surface area contributed by atoms with Crippen LogP contribution in [0.25, 0.3) is 10.9 Å². The first kappa shape index (κ1) is 11.7. The smallest absolute Gasteiger partial charge is 0.258 e. The number of hydrogen-bond donors (Lipinski definition) is 2. The highest BCUT2D eigenvalue weighted by atomic mass is 35.5. The highest BCUT2D eigenvalue weighted by Crippen LogP contribution is 2.19. The molecule has 3 rings (SSSR count). The fourth-order valence-corrected chi connectivity index (χ4v) is 2.00. The number of amides is 1. The largest absolute Gasteiger partial charge is 0.360 e. The van der Waals surface area contributed by atoms with Crippen molar-refractivity contribution in [3.8, 4) is 0 Å². The summed E-state index contributed by atoms with van der Waals surface area (Å²) in [6.45, 7) is 0. The van der Waals surface area contributed by atoms with Crippen molar-refractivity contribution in [3.05, 3.63) is 59.4 Å². The highest BCUT2D eigenvalue weighted by molar-refractivity contribution is 6.30. The number of aromatic amines is 1. The summed E-state index contributed by atoms with van der Waals surface area (Å²) in [7, 11) is 0. The first-order valence-corrected chi connectivity index (χ1v) is 6.11. The molecule has 0 saturated heterocycles. The van der Waals surface area contributed by atoms with Crippen LogP contribution in [-0.2, 0) is 0 Å². The van der Waals surface area contributed by atoms with E-state index in [1.54, 1.807) is 18.3 Å². The number of pyridine rings is 1. The van der Waals surface area contributed by atoms with Crippen LogP contribution in [0.15, 0.2) is 48.8 Å². The molecule has 0 fully saturated rings. The van der Waals surface area contributed by atoms with Crippen molar-refractivity contribution < 1.29 is 4.79 Å². The van der Waals surface area contributed by atoms with Gasteiger partial charge in [0.05, 0.1) is 10.6 Å². The van der Waals surface area contributed by atoms with E-state index in [9.17, 15) is 4.79 Å². The van der Waals surface area contributed by atoms with Crippen LogP contribution in [0.4, 0.5) is 5.82 Å². The number of hydrogen-bond acceptors (Lipinski definition) is 2. The van der Waals surface area contributed by atoms with E-state index in [4.69, 9.17) is 11.6 Å². The molecular formula is C14H10ClN3O. The van der Waals surface area contributed by atoms with Crippen LogP contribution in [-0.4, -0.2) is 15.9 Å². The lowest BCUT2D eigenvalue weighted by atomic mass is 10.1. The number of halogens is 1. The third-order valence-electron chi connectivity index (χ3n) is 2.80. The molecule has 0 spiro atoms. The maximum absolute atomic E-state index is 12.2. The van der Waals surface area contributed by atoms with Gasteiger partial charge in [-0.2, -0.15) is 0 Å². The molecule has 0 saturated carbocycles. The van der Waals surface area contributed by atoms with E-state index in [2.05, 4.69) is 15.3 Å². The van der Waals surface area contributed by atoms with E-state index >= 15 is 0 Å².